The number of amides is 2. The summed E-state index contributed by atoms with van der Waals surface area (Å²) in [7, 11) is 0. The molecule has 3 aromatic carbocycles. The summed E-state index contributed by atoms with van der Waals surface area (Å²) in [6.07, 6.45) is 1.59. The fourth-order valence-electron chi connectivity index (χ4n) is 2.52. The van der Waals surface area contributed by atoms with Crippen molar-refractivity contribution in [1.82, 2.24) is 16.2 Å². The van der Waals surface area contributed by atoms with E-state index in [4.69, 9.17) is 12.2 Å². The molecule has 0 unspecified atom stereocenters. The number of hydrazine groups is 1. The van der Waals surface area contributed by atoms with Gasteiger partial charge in [0.25, 0.3) is 11.8 Å². The molecular formula is C23H20N4O2S. The summed E-state index contributed by atoms with van der Waals surface area (Å²) >= 11 is 5.19. The maximum Gasteiger partial charge on any atom is 0.286 e. The molecule has 0 aromatic heterocycles. The van der Waals surface area contributed by atoms with Crippen molar-refractivity contribution < 1.29 is 9.59 Å². The topological polar surface area (TPSA) is 82.3 Å². The minimum Gasteiger partial charge on any atom is -0.331 e. The predicted molar refractivity (Wildman–Crippen MR) is 122 cm³/mol. The summed E-state index contributed by atoms with van der Waals surface area (Å²) < 4.78 is 0. The van der Waals surface area contributed by atoms with E-state index in [1.54, 1.807) is 30.3 Å². The minimum absolute atomic E-state index is 0.0741. The van der Waals surface area contributed by atoms with Crippen LogP contribution in [0.4, 0.5) is 5.69 Å². The van der Waals surface area contributed by atoms with Gasteiger partial charge in [-0.1, -0.05) is 66.7 Å². The van der Waals surface area contributed by atoms with E-state index in [1.165, 1.54) is 0 Å². The Kier molecular flexibility index (Phi) is 7.29. The van der Waals surface area contributed by atoms with Crippen molar-refractivity contribution in [2.24, 2.45) is 0 Å². The average Bonchev–Trinajstić information content (AvgIpc) is 2.79. The van der Waals surface area contributed by atoms with Crippen LogP contribution in [-0.2, 0) is 4.79 Å². The third-order valence-corrected chi connectivity index (χ3v) is 4.16. The molecule has 0 fully saturated rings. The summed E-state index contributed by atoms with van der Waals surface area (Å²) in [5.74, 6) is -0.932. The zero-order chi connectivity index (χ0) is 21.2. The number of hydrogen-bond acceptors (Lipinski definition) is 3. The lowest BCUT2D eigenvalue weighted by Crippen LogP contribution is -2.46. The first-order chi connectivity index (χ1) is 14.6. The molecule has 150 valence electrons. The van der Waals surface area contributed by atoms with Gasteiger partial charge in [-0.15, -0.1) is 0 Å². The second-order valence-electron chi connectivity index (χ2n) is 6.19. The van der Waals surface area contributed by atoms with Crippen molar-refractivity contribution in [3.05, 3.63) is 108 Å². The van der Waals surface area contributed by atoms with Crippen molar-refractivity contribution in [2.75, 3.05) is 5.32 Å². The molecule has 0 bridgehead atoms. The molecule has 0 aliphatic rings. The van der Waals surface area contributed by atoms with E-state index >= 15 is 0 Å². The molecular weight excluding hydrogens is 396 g/mol. The summed E-state index contributed by atoms with van der Waals surface area (Å²) in [5, 5.41) is 5.82. The zero-order valence-electron chi connectivity index (χ0n) is 16.0. The fraction of sp³-hybridized carbons (Fsp3) is 0. The molecule has 2 amide bonds. The number of rotatable bonds is 5. The van der Waals surface area contributed by atoms with Crippen molar-refractivity contribution >= 4 is 40.9 Å². The molecule has 4 N–H and O–H groups in total. The van der Waals surface area contributed by atoms with E-state index in [0.29, 0.717) is 5.56 Å². The highest BCUT2D eigenvalue weighted by Crippen LogP contribution is 2.07. The van der Waals surface area contributed by atoms with Crippen LogP contribution in [0.2, 0.25) is 0 Å². The Balaban J connectivity index is 1.69. The Bertz CT molecular complexity index is 1040. The van der Waals surface area contributed by atoms with Gasteiger partial charge in [-0.25, -0.2) is 0 Å². The zero-order valence-corrected chi connectivity index (χ0v) is 16.8. The fourth-order valence-corrected chi connectivity index (χ4v) is 2.69. The normalized spacial score (nSPS) is 10.6. The van der Waals surface area contributed by atoms with Crippen LogP contribution in [0.15, 0.2) is 96.7 Å². The lowest BCUT2D eigenvalue weighted by molar-refractivity contribution is -0.118. The number of carbonyl (C=O) groups excluding carboxylic acids is 2. The second kappa shape index (κ2) is 10.5. The van der Waals surface area contributed by atoms with Gasteiger partial charge in [0.15, 0.2) is 5.11 Å². The Hall–Kier alpha value is -3.97. The van der Waals surface area contributed by atoms with Crippen molar-refractivity contribution in [3.63, 3.8) is 0 Å². The first kappa shape index (κ1) is 20.8. The van der Waals surface area contributed by atoms with E-state index in [-0.39, 0.29) is 10.8 Å². The van der Waals surface area contributed by atoms with Crippen LogP contribution in [0.25, 0.3) is 6.08 Å². The Morgan fingerprint density at radius 3 is 1.93 bits per heavy atom. The lowest BCUT2D eigenvalue weighted by Gasteiger charge is -2.14. The molecule has 7 heteroatoms. The van der Waals surface area contributed by atoms with Crippen molar-refractivity contribution in [3.8, 4) is 0 Å². The third-order valence-electron chi connectivity index (χ3n) is 3.96. The van der Waals surface area contributed by atoms with Gasteiger partial charge in [0, 0.05) is 11.3 Å². The highest BCUT2D eigenvalue weighted by molar-refractivity contribution is 7.80. The van der Waals surface area contributed by atoms with E-state index in [9.17, 15) is 9.59 Å². The number of para-hydroxylation sites is 1. The Morgan fingerprint density at radius 1 is 0.733 bits per heavy atom. The highest BCUT2D eigenvalue weighted by Gasteiger charge is 2.15. The SMILES string of the molecule is O=C(NNC(=S)Nc1ccccc1)/C(=C/c1ccccc1)NC(=O)c1ccccc1. The highest BCUT2D eigenvalue weighted by atomic mass is 32.1. The van der Waals surface area contributed by atoms with Gasteiger partial charge in [0.1, 0.15) is 5.70 Å². The quantitative estimate of drug-likeness (QED) is 0.291. The summed E-state index contributed by atoms with van der Waals surface area (Å²) in [4.78, 5) is 25.3. The maximum absolute atomic E-state index is 12.7. The first-order valence-electron chi connectivity index (χ1n) is 9.17. The first-order valence-corrected chi connectivity index (χ1v) is 9.58. The van der Waals surface area contributed by atoms with E-state index in [1.807, 2.05) is 66.7 Å². The van der Waals surface area contributed by atoms with Gasteiger partial charge in [0.2, 0.25) is 0 Å². The Labute approximate surface area is 180 Å². The number of anilines is 1. The van der Waals surface area contributed by atoms with Crippen LogP contribution in [0, 0.1) is 0 Å². The van der Waals surface area contributed by atoms with Gasteiger partial charge in [-0.2, -0.15) is 0 Å². The number of nitrogens with one attached hydrogen (secondary N) is 4. The van der Waals surface area contributed by atoms with Crippen LogP contribution in [0.1, 0.15) is 15.9 Å². The molecule has 0 saturated carbocycles. The van der Waals surface area contributed by atoms with Gasteiger partial charge in [-0.05, 0) is 48.1 Å². The largest absolute Gasteiger partial charge is 0.331 e. The number of hydrogen-bond donors (Lipinski definition) is 4. The molecule has 0 aliphatic carbocycles. The molecule has 3 aromatic rings. The Morgan fingerprint density at radius 2 is 1.30 bits per heavy atom. The molecule has 0 atom stereocenters. The summed E-state index contributed by atoms with van der Waals surface area (Å²) in [6, 6.07) is 27.2. The molecule has 0 saturated heterocycles. The van der Waals surface area contributed by atoms with Crippen LogP contribution >= 0.6 is 12.2 Å². The van der Waals surface area contributed by atoms with Crippen LogP contribution < -0.4 is 21.5 Å². The van der Waals surface area contributed by atoms with Gasteiger partial charge < -0.3 is 10.6 Å². The molecule has 0 spiro atoms. The monoisotopic (exact) mass is 416 g/mol. The van der Waals surface area contributed by atoms with E-state index in [0.717, 1.165) is 11.3 Å². The number of carbonyl (C=O) groups is 2. The number of thiocarbonyl (C=S) groups is 1. The van der Waals surface area contributed by atoms with E-state index in [2.05, 4.69) is 21.5 Å². The molecule has 30 heavy (non-hydrogen) atoms. The van der Waals surface area contributed by atoms with Gasteiger partial charge in [-0.3, -0.25) is 20.4 Å². The van der Waals surface area contributed by atoms with Crippen LogP contribution in [0.3, 0.4) is 0 Å². The molecule has 6 nitrogen and oxygen atoms in total. The van der Waals surface area contributed by atoms with Crippen molar-refractivity contribution in [1.29, 1.82) is 0 Å². The van der Waals surface area contributed by atoms with E-state index < -0.39 is 11.8 Å². The predicted octanol–water partition coefficient (Wildman–Crippen LogP) is 3.48. The van der Waals surface area contributed by atoms with Gasteiger partial charge >= 0.3 is 0 Å². The van der Waals surface area contributed by atoms with Crippen LogP contribution in [-0.4, -0.2) is 16.9 Å². The van der Waals surface area contributed by atoms with Crippen LogP contribution in [0.5, 0.6) is 0 Å². The number of benzene rings is 3. The maximum atomic E-state index is 12.7. The summed E-state index contributed by atoms with van der Waals surface area (Å²) in [6.45, 7) is 0. The molecule has 3 rings (SSSR count). The second-order valence-corrected chi connectivity index (χ2v) is 6.60. The average molecular weight is 417 g/mol. The minimum atomic E-state index is -0.541. The van der Waals surface area contributed by atoms with Crippen molar-refractivity contribution in [2.45, 2.75) is 0 Å². The molecule has 0 radical (unpaired) electrons. The lowest BCUT2D eigenvalue weighted by atomic mass is 10.1. The van der Waals surface area contributed by atoms with Gasteiger partial charge in [0.05, 0.1) is 0 Å². The smallest absolute Gasteiger partial charge is 0.286 e. The molecule has 0 heterocycles. The summed E-state index contributed by atoms with van der Waals surface area (Å²) in [5.41, 5.74) is 7.20. The third kappa shape index (κ3) is 6.29. The standard InChI is InChI=1S/C23H20N4O2S/c28-21(18-12-6-2-7-13-18)25-20(16-17-10-4-1-5-11-17)22(29)26-27-23(30)24-19-14-8-3-9-15-19/h1-16H,(H,25,28)(H,26,29)(H2,24,27,30)/b20-16-. The molecule has 0 aliphatic heterocycles.